The molecule has 0 saturated carbocycles. The summed E-state index contributed by atoms with van der Waals surface area (Å²) < 4.78 is 0. The van der Waals surface area contributed by atoms with Crippen molar-refractivity contribution < 1.29 is 4.79 Å². The highest BCUT2D eigenvalue weighted by molar-refractivity contribution is 5.95. The fourth-order valence-electron chi connectivity index (χ4n) is 2.39. The van der Waals surface area contributed by atoms with Gasteiger partial charge in [0.15, 0.2) is 0 Å². The second-order valence-electron chi connectivity index (χ2n) is 5.63. The molecule has 0 atom stereocenters. The molecule has 0 aromatic heterocycles. The normalized spacial score (nSPS) is 14.9. The molecule has 1 aliphatic heterocycles. The first-order chi connectivity index (χ1) is 9.08. The number of rotatable bonds is 4. The van der Waals surface area contributed by atoms with Gasteiger partial charge in [0.25, 0.3) is 5.91 Å². The van der Waals surface area contributed by atoms with E-state index in [1.54, 1.807) is 0 Å². The third kappa shape index (κ3) is 3.16. The molecule has 0 unspecified atom stereocenters. The van der Waals surface area contributed by atoms with Crippen molar-refractivity contribution in [2.24, 2.45) is 0 Å². The highest BCUT2D eigenvalue weighted by Crippen LogP contribution is 2.18. The maximum atomic E-state index is 12.3. The van der Waals surface area contributed by atoms with Crippen LogP contribution in [0.4, 0.5) is 0 Å². The number of nitrogens with one attached hydrogen (secondary N) is 2. The molecule has 3 nitrogen and oxygen atoms in total. The average molecular weight is 260 g/mol. The van der Waals surface area contributed by atoms with Crippen molar-refractivity contribution in [3.63, 3.8) is 0 Å². The van der Waals surface area contributed by atoms with Crippen molar-refractivity contribution in [1.82, 2.24) is 10.6 Å². The van der Waals surface area contributed by atoms with E-state index in [-0.39, 0.29) is 11.4 Å². The van der Waals surface area contributed by atoms with Crippen LogP contribution in [0.2, 0.25) is 0 Å². The molecule has 1 aromatic rings. The summed E-state index contributed by atoms with van der Waals surface area (Å²) >= 11 is 0. The van der Waals surface area contributed by atoms with Gasteiger partial charge in [0.1, 0.15) is 0 Å². The number of benzene rings is 1. The number of amides is 1. The summed E-state index contributed by atoms with van der Waals surface area (Å²) in [5, 5.41) is 6.50. The minimum Gasteiger partial charge on any atom is -0.347 e. The maximum absolute atomic E-state index is 12.3. The number of carbonyl (C=O) groups excluding carboxylic acids is 1. The predicted octanol–water partition coefficient (Wildman–Crippen LogP) is 2.64. The number of carbonyl (C=O) groups is 1. The number of hydrogen-bond donors (Lipinski definition) is 2. The zero-order valence-corrected chi connectivity index (χ0v) is 12.2. The summed E-state index contributed by atoms with van der Waals surface area (Å²) in [5.74, 6) is 0.0413. The molecule has 0 bridgehead atoms. The first-order valence-corrected chi connectivity index (χ1v) is 7.23. The summed E-state index contributed by atoms with van der Waals surface area (Å²) in [6.07, 6.45) is 2.95. The largest absolute Gasteiger partial charge is 0.347 e. The van der Waals surface area contributed by atoms with Crippen LogP contribution in [0.15, 0.2) is 18.2 Å². The lowest BCUT2D eigenvalue weighted by Gasteiger charge is -2.28. The quantitative estimate of drug-likeness (QED) is 0.874. The monoisotopic (exact) mass is 260 g/mol. The Morgan fingerprint density at radius 1 is 1.32 bits per heavy atom. The van der Waals surface area contributed by atoms with Gasteiger partial charge in [-0.3, -0.25) is 4.79 Å². The Hall–Kier alpha value is -1.35. The molecule has 0 fully saturated rings. The number of fused-ring (bicyclic) bond motifs is 1. The van der Waals surface area contributed by atoms with Gasteiger partial charge < -0.3 is 10.6 Å². The van der Waals surface area contributed by atoms with Crippen LogP contribution in [0.3, 0.4) is 0 Å². The van der Waals surface area contributed by atoms with Gasteiger partial charge in [-0.2, -0.15) is 0 Å². The third-order valence-corrected chi connectivity index (χ3v) is 4.33. The van der Waals surface area contributed by atoms with E-state index in [1.165, 1.54) is 11.1 Å². The van der Waals surface area contributed by atoms with Crippen LogP contribution in [0.25, 0.3) is 0 Å². The van der Waals surface area contributed by atoms with E-state index < -0.39 is 0 Å². The van der Waals surface area contributed by atoms with E-state index in [4.69, 9.17) is 0 Å². The van der Waals surface area contributed by atoms with Gasteiger partial charge in [-0.25, -0.2) is 0 Å². The van der Waals surface area contributed by atoms with E-state index in [0.29, 0.717) is 0 Å². The topological polar surface area (TPSA) is 41.1 Å². The Morgan fingerprint density at radius 3 is 2.74 bits per heavy atom. The molecule has 1 heterocycles. The lowest BCUT2D eigenvalue weighted by atomic mass is 9.94. The molecule has 0 spiro atoms. The van der Waals surface area contributed by atoms with Crippen LogP contribution in [-0.2, 0) is 13.0 Å². The van der Waals surface area contributed by atoms with E-state index in [1.807, 2.05) is 12.1 Å². The molecule has 19 heavy (non-hydrogen) atoms. The van der Waals surface area contributed by atoms with Crippen molar-refractivity contribution in [1.29, 1.82) is 0 Å². The first-order valence-electron chi connectivity index (χ1n) is 7.23. The first kappa shape index (κ1) is 14.1. The highest BCUT2D eigenvalue weighted by Gasteiger charge is 2.23. The van der Waals surface area contributed by atoms with Gasteiger partial charge in [0.2, 0.25) is 0 Å². The van der Waals surface area contributed by atoms with Crippen LogP contribution >= 0.6 is 0 Å². The molecule has 1 amide bonds. The van der Waals surface area contributed by atoms with Gasteiger partial charge in [0.05, 0.1) is 0 Å². The highest BCUT2D eigenvalue weighted by atomic mass is 16.1. The van der Waals surface area contributed by atoms with Crippen molar-refractivity contribution in [2.75, 3.05) is 6.54 Å². The summed E-state index contributed by atoms with van der Waals surface area (Å²) in [4.78, 5) is 12.3. The van der Waals surface area contributed by atoms with Crippen LogP contribution in [0.5, 0.6) is 0 Å². The fourth-order valence-corrected chi connectivity index (χ4v) is 2.39. The molecule has 104 valence electrons. The van der Waals surface area contributed by atoms with E-state index in [9.17, 15) is 4.79 Å². The fraction of sp³-hybridized carbons (Fsp3) is 0.562. The minimum atomic E-state index is -0.106. The van der Waals surface area contributed by atoms with Gasteiger partial charge in [-0.15, -0.1) is 0 Å². The van der Waals surface area contributed by atoms with Crippen LogP contribution in [0, 0.1) is 0 Å². The molecule has 2 rings (SSSR count). The lowest BCUT2D eigenvalue weighted by Crippen LogP contribution is -2.45. The summed E-state index contributed by atoms with van der Waals surface area (Å²) in [7, 11) is 0. The van der Waals surface area contributed by atoms with Gasteiger partial charge >= 0.3 is 0 Å². The molecule has 1 aliphatic rings. The molecule has 0 saturated heterocycles. The Bertz CT molecular complexity index is 464. The molecule has 0 aliphatic carbocycles. The summed E-state index contributed by atoms with van der Waals surface area (Å²) in [5.41, 5.74) is 3.29. The van der Waals surface area contributed by atoms with Crippen LogP contribution < -0.4 is 10.6 Å². The second-order valence-corrected chi connectivity index (χ2v) is 5.63. The molecule has 3 heteroatoms. The SMILES string of the molecule is CCC(C)(CC)NC(=O)c1ccc2c(c1)CNCC2. The molecular formula is C16H24N2O. The number of hydrogen-bond acceptors (Lipinski definition) is 2. The second kappa shape index (κ2) is 5.74. The van der Waals surface area contributed by atoms with Crippen molar-refractivity contribution >= 4 is 5.91 Å². The maximum Gasteiger partial charge on any atom is 0.251 e. The summed E-state index contributed by atoms with van der Waals surface area (Å²) in [6.45, 7) is 8.23. The average Bonchev–Trinajstić information content (AvgIpc) is 2.46. The van der Waals surface area contributed by atoms with Crippen molar-refractivity contribution in [3.8, 4) is 0 Å². The Morgan fingerprint density at radius 2 is 2.05 bits per heavy atom. The molecule has 0 radical (unpaired) electrons. The Balaban J connectivity index is 2.15. The van der Waals surface area contributed by atoms with E-state index in [0.717, 1.165) is 37.9 Å². The predicted molar refractivity (Wildman–Crippen MR) is 78.3 cm³/mol. The van der Waals surface area contributed by atoms with Crippen LogP contribution in [-0.4, -0.2) is 18.0 Å². The zero-order chi connectivity index (χ0) is 13.9. The smallest absolute Gasteiger partial charge is 0.251 e. The third-order valence-electron chi connectivity index (χ3n) is 4.33. The zero-order valence-electron chi connectivity index (χ0n) is 12.2. The van der Waals surface area contributed by atoms with Gasteiger partial charge in [-0.05, 0) is 56.0 Å². The van der Waals surface area contributed by atoms with Gasteiger partial charge in [-0.1, -0.05) is 19.9 Å². The van der Waals surface area contributed by atoms with Gasteiger partial charge in [0, 0.05) is 17.6 Å². The summed E-state index contributed by atoms with van der Waals surface area (Å²) in [6, 6.07) is 6.08. The standard InChI is InChI=1S/C16H24N2O/c1-4-16(3,5-2)18-15(19)13-7-6-12-8-9-17-11-14(12)10-13/h6-7,10,17H,4-5,8-9,11H2,1-3H3,(H,18,19). The van der Waals surface area contributed by atoms with E-state index >= 15 is 0 Å². The van der Waals surface area contributed by atoms with Crippen molar-refractivity contribution in [2.45, 2.75) is 52.1 Å². The van der Waals surface area contributed by atoms with E-state index in [2.05, 4.69) is 37.5 Å². The van der Waals surface area contributed by atoms with Crippen LogP contribution in [0.1, 0.15) is 55.1 Å². The Kier molecular flexibility index (Phi) is 4.25. The lowest BCUT2D eigenvalue weighted by molar-refractivity contribution is 0.0901. The van der Waals surface area contributed by atoms with Crippen molar-refractivity contribution in [3.05, 3.63) is 34.9 Å². The molecule has 1 aromatic carbocycles. The Labute approximate surface area is 115 Å². The minimum absolute atomic E-state index is 0.0413. The molecular weight excluding hydrogens is 236 g/mol. The molecule has 2 N–H and O–H groups in total.